The molecule has 3 nitrogen and oxygen atoms in total. The van der Waals surface area contributed by atoms with Crippen LogP contribution in [0.3, 0.4) is 0 Å². The first-order valence-electron chi connectivity index (χ1n) is 5.98. The molecule has 3 N–H and O–H groups in total. The second kappa shape index (κ2) is 6.75. The van der Waals surface area contributed by atoms with Crippen molar-refractivity contribution in [3.05, 3.63) is 64.1 Å². The van der Waals surface area contributed by atoms with Gasteiger partial charge in [-0.1, -0.05) is 28.1 Å². The first kappa shape index (κ1) is 14.1. The molecule has 0 fully saturated rings. The number of hydrogen-bond donors (Lipinski definition) is 2. The molecule has 0 aliphatic rings. The van der Waals surface area contributed by atoms with E-state index in [0.717, 1.165) is 10.0 Å². The number of benzene rings is 1. The van der Waals surface area contributed by atoms with E-state index in [2.05, 4.69) is 26.3 Å². The van der Waals surface area contributed by atoms with Crippen LogP contribution in [-0.2, 0) is 12.8 Å². The third kappa shape index (κ3) is 4.09. The summed E-state index contributed by atoms with van der Waals surface area (Å²) < 4.78 is 14.5. The van der Waals surface area contributed by atoms with E-state index in [0.29, 0.717) is 18.4 Å². The Hall–Kier alpha value is -1.30. The Balaban J connectivity index is 2.06. The SMILES string of the molecule is NNC(Cc1cccnc1)Cc1ccc(Br)cc1F. The largest absolute Gasteiger partial charge is 0.271 e. The fraction of sp³-hybridized carbons (Fsp3) is 0.214. The first-order chi connectivity index (χ1) is 9.19. The zero-order chi connectivity index (χ0) is 13.7. The molecule has 2 rings (SSSR count). The molecule has 1 aromatic heterocycles. The highest BCUT2D eigenvalue weighted by Crippen LogP contribution is 2.17. The zero-order valence-corrected chi connectivity index (χ0v) is 11.9. The van der Waals surface area contributed by atoms with Crippen LogP contribution in [0.5, 0.6) is 0 Å². The quantitative estimate of drug-likeness (QED) is 0.657. The van der Waals surface area contributed by atoms with Gasteiger partial charge >= 0.3 is 0 Å². The standard InChI is InChI=1S/C14H15BrFN3/c15-12-4-3-11(14(16)8-12)7-13(19-17)6-10-2-1-5-18-9-10/h1-5,8-9,13,19H,6-7,17H2. The highest BCUT2D eigenvalue weighted by molar-refractivity contribution is 9.10. The number of pyridine rings is 1. The summed E-state index contributed by atoms with van der Waals surface area (Å²) in [6, 6.07) is 8.90. The molecule has 0 spiro atoms. The Morgan fingerprint density at radius 2 is 2.16 bits per heavy atom. The summed E-state index contributed by atoms with van der Waals surface area (Å²) >= 11 is 3.24. The van der Waals surface area contributed by atoms with Crippen LogP contribution < -0.4 is 11.3 Å². The summed E-state index contributed by atoms with van der Waals surface area (Å²) in [5.41, 5.74) is 4.46. The predicted octanol–water partition coefficient (Wildman–Crippen LogP) is 2.60. The van der Waals surface area contributed by atoms with Crippen molar-refractivity contribution in [3.8, 4) is 0 Å². The average Bonchev–Trinajstić information content (AvgIpc) is 2.42. The van der Waals surface area contributed by atoms with Crippen LogP contribution in [0.1, 0.15) is 11.1 Å². The summed E-state index contributed by atoms with van der Waals surface area (Å²) in [7, 11) is 0. The average molecular weight is 324 g/mol. The van der Waals surface area contributed by atoms with Gasteiger partial charge < -0.3 is 0 Å². The number of hydrazine groups is 1. The van der Waals surface area contributed by atoms with Gasteiger partial charge in [0.1, 0.15) is 5.82 Å². The number of halogens is 2. The van der Waals surface area contributed by atoms with Gasteiger partial charge in [0.25, 0.3) is 0 Å². The molecule has 19 heavy (non-hydrogen) atoms. The van der Waals surface area contributed by atoms with Crippen LogP contribution in [0.15, 0.2) is 47.2 Å². The monoisotopic (exact) mass is 323 g/mol. The van der Waals surface area contributed by atoms with Crippen molar-refractivity contribution in [2.24, 2.45) is 5.84 Å². The van der Waals surface area contributed by atoms with Gasteiger partial charge in [0.05, 0.1) is 0 Å². The Kier molecular flexibility index (Phi) is 5.01. The molecule has 5 heteroatoms. The zero-order valence-electron chi connectivity index (χ0n) is 10.3. The number of aromatic nitrogens is 1. The first-order valence-corrected chi connectivity index (χ1v) is 6.77. The minimum Gasteiger partial charge on any atom is -0.271 e. The van der Waals surface area contributed by atoms with Crippen molar-refractivity contribution in [2.75, 3.05) is 0 Å². The third-order valence-corrected chi connectivity index (χ3v) is 3.42. The number of nitrogens with one attached hydrogen (secondary N) is 1. The van der Waals surface area contributed by atoms with Crippen LogP contribution >= 0.6 is 15.9 Å². The Bertz CT molecular complexity index is 533. The molecular formula is C14H15BrFN3. The minimum atomic E-state index is -0.221. The fourth-order valence-corrected chi connectivity index (χ4v) is 2.28. The number of nitrogens with two attached hydrogens (primary N) is 1. The van der Waals surface area contributed by atoms with Gasteiger partial charge in [-0.2, -0.15) is 0 Å². The molecule has 0 saturated heterocycles. The molecule has 1 atom stereocenters. The summed E-state index contributed by atoms with van der Waals surface area (Å²) in [6.45, 7) is 0. The smallest absolute Gasteiger partial charge is 0.127 e. The summed E-state index contributed by atoms with van der Waals surface area (Å²) in [6.07, 6.45) is 4.76. The van der Waals surface area contributed by atoms with Crippen LogP contribution in [0.4, 0.5) is 4.39 Å². The molecule has 1 heterocycles. The van der Waals surface area contributed by atoms with Gasteiger partial charge in [-0.05, 0) is 42.2 Å². The molecule has 0 bridgehead atoms. The topological polar surface area (TPSA) is 50.9 Å². The van der Waals surface area contributed by atoms with E-state index < -0.39 is 0 Å². The normalized spacial score (nSPS) is 12.4. The lowest BCUT2D eigenvalue weighted by Crippen LogP contribution is -2.38. The maximum Gasteiger partial charge on any atom is 0.127 e. The van der Waals surface area contributed by atoms with Crippen LogP contribution in [0.25, 0.3) is 0 Å². The van der Waals surface area contributed by atoms with Gasteiger partial charge in [0, 0.05) is 22.9 Å². The molecule has 0 radical (unpaired) electrons. The van der Waals surface area contributed by atoms with Crippen molar-refractivity contribution in [1.29, 1.82) is 0 Å². The highest BCUT2D eigenvalue weighted by atomic mass is 79.9. The van der Waals surface area contributed by atoms with E-state index in [1.165, 1.54) is 6.07 Å². The number of nitrogens with zero attached hydrogens (tertiary/aromatic N) is 1. The predicted molar refractivity (Wildman–Crippen MR) is 76.9 cm³/mol. The van der Waals surface area contributed by atoms with Crippen LogP contribution in [0.2, 0.25) is 0 Å². The van der Waals surface area contributed by atoms with Gasteiger partial charge in [-0.15, -0.1) is 0 Å². The lowest BCUT2D eigenvalue weighted by Gasteiger charge is -2.16. The van der Waals surface area contributed by atoms with E-state index in [1.807, 2.05) is 18.2 Å². The van der Waals surface area contributed by atoms with Gasteiger partial charge in [-0.25, -0.2) is 4.39 Å². The lowest BCUT2D eigenvalue weighted by atomic mass is 10.00. The van der Waals surface area contributed by atoms with Crippen LogP contribution in [-0.4, -0.2) is 11.0 Å². The van der Waals surface area contributed by atoms with E-state index in [4.69, 9.17) is 5.84 Å². The third-order valence-electron chi connectivity index (χ3n) is 2.92. The molecule has 100 valence electrons. The Morgan fingerprint density at radius 1 is 1.32 bits per heavy atom. The molecule has 1 aromatic carbocycles. The minimum absolute atomic E-state index is 0.0279. The highest BCUT2D eigenvalue weighted by Gasteiger charge is 2.12. The van der Waals surface area contributed by atoms with E-state index in [-0.39, 0.29) is 11.9 Å². The van der Waals surface area contributed by atoms with Crippen molar-refractivity contribution in [2.45, 2.75) is 18.9 Å². The van der Waals surface area contributed by atoms with E-state index in [1.54, 1.807) is 18.5 Å². The molecule has 0 saturated carbocycles. The molecule has 2 aromatic rings. The van der Waals surface area contributed by atoms with Crippen molar-refractivity contribution < 1.29 is 4.39 Å². The van der Waals surface area contributed by atoms with E-state index >= 15 is 0 Å². The number of rotatable bonds is 5. The Morgan fingerprint density at radius 3 is 2.79 bits per heavy atom. The van der Waals surface area contributed by atoms with Gasteiger partial charge in [0.15, 0.2) is 0 Å². The maximum absolute atomic E-state index is 13.8. The van der Waals surface area contributed by atoms with Crippen molar-refractivity contribution in [1.82, 2.24) is 10.4 Å². The number of hydrogen-bond acceptors (Lipinski definition) is 3. The van der Waals surface area contributed by atoms with Gasteiger partial charge in [-0.3, -0.25) is 16.3 Å². The summed E-state index contributed by atoms with van der Waals surface area (Å²) in [5, 5.41) is 0. The second-order valence-electron chi connectivity index (χ2n) is 4.37. The summed E-state index contributed by atoms with van der Waals surface area (Å²) in [5.74, 6) is 5.32. The van der Waals surface area contributed by atoms with Crippen molar-refractivity contribution in [3.63, 3.8) is 0 Å². The van der Waals surface area contributed by atoms with Crippen LogP contribution in [0, 0.1) is 5.82 Å². The van der Waals surface area contributed by atoms with Gasteiger partial charge in [0.2, 0.25) is 0 Å². The maximum atomic E-state index is 13.8. The lowest BCUT2D eigenvalue weighted by molar-refractivity contribution is 0.506. The molecule has 0 aliphatic heterocycles. The summed E-state index contributed by atoms with van der Waals surface area (Å²) in [4.78, 5) is 4.06. The molecule has 0 amide bonds. The molecule has 1 unspecified atom stereocenters. The molecule has 0 aliphatic carbocycles. The van der Waals surface area contributed by atoms with Crippen molar-refractivity contribution >= 4 is 15.9 Å². The Labute approximate surface area is 120 Å². The second-order valence-corrected chi connectivity index (χ2v) is 5.28. The fourth-order valence-electron chi connectivity index (χ4n) is 1.95. The van der Waals surface area contributed by atoms with E-state index in [9.17, 15) is 4.39 Å². The molecular weight excluding hydrogens is 309 g/mol.